The topological polar surface area (TPSA) is 84.9 Å². The highest BCUT2D eigenvalue weighted by Gasteiger charge is 2.24. The van der Waals surface area contributed by atoms with Crippen molar-refractivity contribution in [3.05, 3.63) is 47.5 Å². The number of anilines is 1. The fourth-order valence-electron chi connectivity index (χ4n) is 2.66. The molecule has 0 aliphatic heterocycles. The van der Waals surface area contributed by atoms with Gasteiger partial charge in [0.25, 0.3) is 5.91 Å². The quantitative estimate of drug-likeness (QED) is 0.641. The van der Waals surface area contributed by atoms with Gasteiger partial charge in [0.1, 0.15) is 11.5 Å². The average Bonchev–Trinajstić information content (AvgIpc) is 2.70. The first-order valence-electron chi connectivity index (χ1n) is 9.14. The summed E-state index contributed by atoms with van der Waals surface area (Å²) >= 11 is 5.84. The molecule has 29 heavy (non-hydrogen) atoms. The van der Waals surface area contributed by atoms with Crippen molar-refractivity contribution in [2.24, 2.45) is 0 Å². The minimum absolute atomic E-state index is 0.0728. The Balaban J connectivity index is 2.24. The van der Waals surface area contributed by atoms with Crippen molar-refractivity contribution < 1.29 is 22.7 Å². The Morgan fingerprint density at radius 2 is 1.76 bits per heavy atom. The number of methoxy groups -OCH3 is 1. The summed E-state index contributed by atoms with van der Waals surface area (Å²) in [5.74, 6) is 0.382. The largest absolute Gasteiger partial charge is 0.495 e. The molecular formula is C20H25ClN2O5S. The summed E-state index contributed by atoms with van der Waals surface area (Å²) in [6.07, 6.45) is -0.830. The number of hydrogen-bond acceptors (Lipinski definition) is 5. The van der Waals surface area contributed by atoms with Crippen LogP contribution in [0.2, 0.25) is 5.02 Å². The third-order valence-electron chi connectivity index (χ3n) is 4.27. The van der Waals surface area contributed by atoms with Crippen LogP contribution in [0.15, 0.2) is 47.4 Å². The number of benzene rings is 2. The van der Waals surface area contributed by atoms with Crippen LogP contribution in [-0.2, 0) is 14.8 Å². The van der Waals surface area contributed by atoms with Crippen LogP contribution in [0.4, 0.5) is 5.69 Å². The fourth-order valence-corrected chi connectivity index (χ4v) is 4.27. The second-order valence-electron chi connectivity index (χ2n) is 6.15. The summed E-state index contributed by atoms with van der Waals surface area (Å²) in [6.45, 7) is 5.82. The molecule has 1 N–H and O–H groups in total. The Labute approximate surface area is 176 Å². The fraction of sp³-hybridized carbons (Fsp3) is 0.350. The number of carbonyl (C=O) groups is 1. The van der Waals surface area contributed by atoms with Crippen molar-refractivity contribution >= 4 is 33.2 Å². The van der Waals surface area contributed by atoms with E-state index in [0.717, 1.165) is 0 Å². The van der Waals surface area contributed by atoms with Gasteiger partial charge in [-0.05, 0) is 49.4 Å². The number of ether oxygens (including phenoxy) is 2. The molecule has 2 rings (SSSR count). The maximum absolute atomic E-state index is 12.8. The Morgan fingerprint density at radius 3 is 2.31 bits per heavy atom. The van der Waals surface area contributed by atoms with Crippen LogP contribution in [0.1, 0.15) is 20.8 Å². The maximum atomic E-state index is 12.8. The summed E-state index contributed by atoms with van der Waals surface area (Å²) in [4.78, 5) is 12.7. The molecule has 1 atom stereocenters. The van der Waals surface area contributed by atoms with Crippen molar-refractivity contribution in [3.8, 4) is 11.5 Å². The van der Waals surface area contributed by atoms with E-state index in [1.807, 2.05) is 0 Å². The van der Waals surface area contributed by atoms with Gasteiger partial charge < -0.3 is 14.8 Å². The molecule has 158 valence electrons. The lowest BCUT2D eigenvalue weighted by Gasteiger charge is -2.20. The number of rotatable bonds is 9. The van der Waals surface area contributed by atoms with Crippen LogP contribution in [0.3, 0.4) is 0 Å². The van der Waals surface area contributed by atoms with E-state index in [2.05, 4.69) is 5.32 Å². The van der Waals surface area contributed by atoms with Gasteiger partial charge in [-0.15, -0.1) is 0 Å². The van der Waals surface area contributed by atoms with Gasteiger partial charge in [-0.2, -0.15) is 4.31 Å². The van der Waals surface area contributed by atoms with E-state index in [9.17, 15) is 13.2 Å². The maximum Gasteiger partial charge on any atom is 0.265 e. The number of carbonyl (C=O) groups excluding carboxylic acids is 1. The lowest BCUT2D eigenvalue weighted by atomic mass is 10.2. The number of hydrogen-bond donors (Lipinski definition) is 1. The van der Waals surface area contributed by atoms with Crippen LogP contribution >= 0.6 is 11.6 Å². The molecule has 0 aliphatic rings. The monoisotopic (exact) mass is 440 g/mol. The highest BCUT2D eigenvalue weighted by Crippen LogP contribution is 2.29. The van der Waals surface area contributed by atoms with Gasteiger partial charge in [0.05, 0.1) is 17.7 Å². The Hall–Kier alpha value is -2.29. The molecule has 0 aliphatic carbocycles. The van der Waals surface area contributed by atoms with Gasteiger partial charge in [0.15, 0.2) is 6.10 Å². The second-order valence-corrected chi connectivity index (χ2v) is 8.53. The van der Waals surface area contributed by atoms with Crippen molar-refractivity contribution in [2.45, 2.75) is 31.8 Å². The third-order valence-corrected chi connectivity index (χ3v) is 6.57. The van der Waals surface area contributed by atoms with E-state index in [0.29, 0.717) is 29.6 Å². The molecule has 0 spiro atoms. The summed E-state index contributed by atoms with van der Waals surface area (Å²) in [5.41, 5.74) is 0.247. The predicted molar refractivity (Wildman–Crippen MR) is 113 cm³/mol. The minimum atomic E-state index is -3.67. The number of sulfonamides is 1. The highest BCUT2D eigenvalue weighted by atomic mass is 35.5. The van der Waals surface area contributed by atoms with Crippen LogP contribution < -0.4 is 14.8 Å². The Kier molecular flexibility index (Phi) is 7.89. The molecule has 0 saturated heterocycles. The van der Waals surface area contributed by atoms with Gasteiger partial charge in [0, 0.05) is 18.1 Å². The zero-order valence-corrected chi connectivity index (χ0v) is 18.4. The van der Waals surface area contributed by atoms with Gasteiger partial charge >= 0.3 is 0 Å². The molecule has 0 bridgehead atoms. The average molecular weight is 441 g/mol. The number of nitrogens with zero attached hydrogens (tertiary/aromatic N) is 1. The highest BCUT2D eigenvalue weighted by molar-refractivity contribution is 7.89. The molecular weight excluding hydrogens is 416 g/mol. The van der Waals surface area contributed by atoms with Gasteiger partial charge in [-0.25, -0.2) is 8.42 Å². The van der Waals surface area contributed by atoms with Crippen molar-refractivity contribution in [2.75, 3.05) is 25.5 Å². The minimum Gasteiger partial charge on any atom is -0.495 e. The number of amides is 1. The summed E-state index contributed by atoms with van der Waals surface area (Å²) in [6, 6.07) is 11.0. The summed E-state index contributed by atoms with van der Waals surface area (Å²) in [7, 11) is -2.23. The molecule has 7 nitrogen and oxygen atoms in total. The number of halogens is 1. The molecule has 0 unspecified atom stereocenters. The molecule has 2 aromatic carbocycles. The lowest BCUT2D eigenvalue weighted by molar-refractivity contribution is -0.122. The molecule has 9 heteroatoms. The normalized spacial score (nSPS) is 12.5. The van der Waals surface area contributed by atoms with E-state index in [4.69, 9.17) is 21.1 Å². The first-order chi connectivity index (χ1) is 13.7. The Morgan fingerprint density at radius 1 is 1.14 bits per heavy atom. The molecule has 0 heterocycles. The van der Waals surface area contributed by atoms with E-state index < -0.39 is 22.0 Å². The summed E-state index contributed by atoms with van der Waals surface area (Å²) in [5, 5.41) is 3.24. The van der Waals surface area contributed by atoms with E-state index in [1.165, 1.54) is 29.6 Å². The molecule has 0 saturated carbocycles. The second kappa shape index (κ2) is 9.96. The molecule has 0 radical (unpaired) electrons. The molecule has 0 aromatic heterocycles. The standard InChI is InChI=1S/C20H25ClN2O5S/c1-5-23(6-2)29(25,26)17-11-12-19(27-4)18(13-17)22-20(24)14(3)28-16-9-7-15(21)8-10-16/h7-14H,5-6H2,1-4H3,(H,22,24)/t14-/m0/s1. The van der Waals surface area contributed by atoms with Gasteiger partial charge in [-0.3, -0.25) is 4.79 Å². The van der Waals surface area contributed by atoms with Crippen molar-refractivity contribution in [1.29, 1.82) is 0 Å². The van der Waals surface area contributed by atoms with E-state index in [-0.39, 0.29) is 10.6 Å². The zero-order chi connectivity index (χ0) is 21.6. The molecule has 1 amide bonds. The predicted octanol–water partition coefficient (Wildman–Crippen LogP) is 3.79. The third kappa shape index (κ3) is 5.62. The lowest BCUT2D eigenvalue weighted by Crippen LogP contribution is -2.31. The van der Waals surface area contributed by atoms with Gasteiger partial charge in [0.2, 0.25) is 10.0 Å². The van der Waals surface area contributed by atoms with Crippen LogP contribution in [-0.4, -0.2) is 44.9 Å². The van der Waals surface area contributed by atoms with Crippen LogP contribution in [0.5, 0.6) is 11.5 Å². The van der Waals surface area contributed by atoms with Crippen LogP contribution in [0.25, 0.3) is 0 Å². The van der Waals surface area contributed by atoms with E-state index in [1.54, 1.807) is 45.0 Å². The van der Waals surface area contributed by atoms with E-state index >= 15 is 0 Å². The van der Waals surface area contributed by atoms with Gasteiger partial charge in [-0.1, -0.05) is 25.4 Å². The van der Waals surface area contributed by atoms with Crippen molar-refractivity contribution in [1.82, 2.24) is 4.31 Å². The first-order valence-corrected chi connectivity index (χ1v) is 11.0. The smallest absolute Gasteiger partial charge is 0.265 e. The first kappa shape index (κ1) is 23.0. The number of nitrogens with one attached hydrogen (secondary N) is 1. The van der Waals surface area contributed by atoms with Crippen LogP contribution in [0, 0.1) is 0 Å². The Bertz CT molecular complexity index is 944. The zero-order valence-electron chi connectivity index (χ0n) is 16.8. The van der Waals surface area contributed by atoms with Crippen molar-refractivity contribution in [3.63, 3.8) is 0 Å². The molecule has 0 fully saturated rings. The molecule has 2 aromatic rings. The summed E-state index contributed by atoms with van der Waals surface area (Å²) < 4.78 is 37.8. The SMILES string of the molecule is CCN(CC)S(=O)(=O)c1ccc(OC)c(NC(=O)[C@H](C)Oc2ccc(Cl)cc2)c1.